The van der Waals surface area contributed by atoms with Crippen LogP contribution in [0, 0.1) is 10.7 Å². The lowest BCUT2D eigenvalue weighted by Gasteiger charge is -2.24. The molecule has 0 aromatic carbocycles. The summed E-state index contributed by atoms with van der Waals surface area (Å²) in [4.78, 5) is 0. The van der Waals surface area contributed by atoms with Gasteiger partial charge in [-0.3, -0.25) is 4.78 Å². The Balaban J connectivity index is 2.57. The van der Waals surface area contributed by atoms with Crippen molar-refractivity contribution in [3.63, 3.8) is 0 Å². The predicted octanol–water partition coefficient (Wildman–Crippen LogP) is 3.02. The highest BCUT2D eigenvalue weighted by molar-refractivity contribution is 7.93. The lowest BCUT2D eigenvalue weighted by atomic mass is 10.0. The molecule has 1 N–H and O–H groups in total. The fourth-order valence-corrected chi connectivity index (χ4v) is 4.43. The molecule has 2 nitrogen and oxygen atoms in total. The number of hydrogen-bond donors (Lipinski definition) is 1. The van der Waals surface area contributed by atoms with Crippen molar-refractivity contribution < 1.29 is 4.21 Å². The van der Waals surface area contributed by atoms with Gasteiger partial charge in [-0.2, -0.15) is 0 Å². The molecule has 0 aromatic heterocycles. The predicted molar refractivity (Wildman–Crippen MR) is 57.4 cm³/mol. The van der Waals surface area contributed by atoms with E-state index in [1.165, 1.54) is 19.3 Å². The Labute approximate surface area is 82.1 Å². The van der Waals surface area contributed by atoms with E-state index in [1.54, 1.807) is 0 Å². The van der Waals surface area contributed by atoms with Crippen molar-refractivity contribution in [2.24, 2.45) is 5.92 Å². The van der Waals surface area contributed by atoms with Gasteiger partial charge in [0.05, 0.1) is 0 Å². The van der Waals surface area contributed by atoms with Gasteiger partial charge in [-0.15, -0.1) is 0 Å². The first-order chi connectivity index (χ1) is 6.02. The molecule has 13 heavy (non-hydrogen) atoms. The Bertz CT molecular complexity index is 238. The molecule has 3 heteroatoms. The Morgan fingerprint density at radius 1 is 1.31 bits per heavy atom. The summed E-state index contributed by atoms with van der Waals surface area (Å²) >= 11 is 0. The van der Waals surface area contributed by atoms with E-state index >= 15 is 0 Å². The summed E-state index contributed by atoms with van der Waals surface area (Å²) in [7, 11) is -2.28. The third-order valence-corrected chi connectivity index (χ3v) is 5.38. The SMILES string of the molecule is CC(C)CS(=N)(=O)C1CCCCC1. The number of rotatable bonds is 3. The van der Waals surface area contributed by atoms with Crippen molar-refractivity contribution in [2.45, 2.75) is 51.2 Å². The zero-order valence-corrected chi connectivity index (χ0v) is 9.53. The third-order valence-electron chi connectivity index (χ3n) is 2.67. The van der Waals surface area contributed by atoms with E-state index in [0.717, 1.165) is 12.8 Å². The Kier molecular flexibility index (Phi) is 3.77. The minimum absolute atomic E-state index is 0.198. The van der Waals surface area contributed by atoms with Crippen LogP contribution in [0.1, 0.15) is 46.0 Å². The van der Waals surface area contributed by atoms with E-state index in [0.29, 0.717) is 11.7 Å². The van der Waals surface area contributed by atoms with Gasteiger partial charge in [0.2, 0.25) is 0 Å². The number of hydrogen-bond acceptors (Lipinski definition) is 2. The fourth-order valence-electron chi connectivity index (χ4n) is 2.08. The maximum absolute atomic E-state index is 12.0. The number of nitrogens with one attached hydrogen (secondary N) is 1. The summed E-state index contributed by atoms with van der Waals surface area (Å²) in [6.45, 7) is 4.11. The van der Waals surface area contributed by atoms with E-state index in [1.807, 2.05) is 0 Å². The Morgan fingerprint density at radius 3 is 2.31 bits per heavy atom. The summed E-state index contributed by atoms with van der Waals surface area (Å²) in [5, 5.41) is 0.198. The van der Waals surface area contributed by atoms with Gasteiger partial charge in [0, 0.05) is 20.7 Å². The van der Waals surface area contributed by atoms with Crippen LogP contribution in [0.25, 0.3) is 0 Å². The molecule has 0 spiro atoms. The molecule has 0 heterocycles. The minimum Gasteiger partial charge on any atom is -0.253 e. The van der Waals surface area contributed by atoms with Gasteiger partial charge < -0.3 is 0 Å². The third kappa shape index (κ3) is 3.29. The second-order valence-corrected chi connectivity index (χ2v) is 7.00. The second kappa shape index (κ2) is 4.45. The van der Waals surface area contributed by atoms with E-state index in [-0.39, 0.29) is 5.25 Å². The molecule has 0 aromatic rings. The van der Waals surface area contributed by atoms with Gasteiger partial charge in [0.15, 0.2) is 0 Å². The molecule has 1 aliphatic carbocycles. The molecule has 1 fully saturated rings. The summed E-state index contributed by atoms with van der Waals surface area (Å²) in [5.41, 5.74) is 0. The van der Waals surface area contributed by atoms with E-state index in [9.17, 15) is 4.21 Å². The maximum Gasteiger partial charge on any atom is 0.0473 e. The quantitative estimate of drug-likeness (QED) is 0.752. The van der Waals surface area contributed by atoms with Crippen LogP contribution in [0.3, 0.4) is 0 Å². The average Bonchev–Trinajstić information content (AvgIpc) is 2.04. The lowest BCUT2D eigenvalue weighted by Crippen LogP contribution is -2.27. The molecule has 1 atom stereocenters. The van der Waals surface area contributed by atoms with Crippen molar-refractivity contribution >= 4 is 9.73 Å². The first-order valence-corrected chi connectivity index (χ1v) is 7.06. The van der Waals surface area contributed by atoms with Gasteiger partial charge in [-0.05, 0) is 18.8 Å². The normalized spacial score (nSPS) is 24.5. The van der Waals surface area contributed by atoms with Gasteiger partial charge in [-0.25, -0.2) is 4.21 Å². The second-order valence-electron chi connectivity index (χ2n) is 4.55. The largest absolute Gasteiger partial charge is 0.253 e. The van der Waals surface area contributed by atoms with Gasteiger partial charge in [0.1, 0.15) is 0 Å². The van der Waals surface area contributed by atoms with Crippen molar-refractivity contribution in [3.05, 3.63) is 0 Å². The summed E-state index contributed by atoms with van der Waals surface area (Å²) in [5.74, 6) is 0.990. The monoisotopic (exact) mass is 203 g/mol. The molecule has 1 aliphatic rings. The van der Waals surface area contributed by atoms with Crippen LogP contribution in [0.15, 0.2) is 0 Å². The zero-order chi connectivity index (χ0) is 9.90. The molecule has 1 saturated carbocycles. The molecule has 1 unspecified atom stereocenters. The summed E-state index contributed by atoms with van der Waals surface area (Å²) < 4.78 is 19.9. The molecular weight excluding hydrogens is 182 g/mol. The van der Waals surface area contributed by atoms with Crippen molar-refractivity contribution in [1.82, 2.24) is 0 Å². The van der Waals surface area contributed by atoms with Crippen LogP contribution in [0.5, 0.6) is 0 Å². The zero-order valence-electron chi connectivity index (χ0n) is 8.71. The summed E-state index contributed by atoms with van der Waals surface area (Å²) in [6.07, 6.45) is 5.68. The van der Waals surface area contributed by atoms with Crippen LogP contribution in [0.4, 0.5) is 0 Å². The van der Waals surface area contributed by atoms with Crippen molar-refractivity contribution in [2.75, 3.05) is 5.75 Å². The fraction of sp³-hybridized carbons (Fsp3) is 1.00. The highest BCUT2D eigenvalue weighted by atomic mass is 32.2. The first-order valence-electron chi connectivity index (χ1n) is 5.27. The highest BCUT2D eigenvalue weighted by Gasteiger charge is 2.24. The average molecular weight is 203 g/mol. The molecule has 1 rings (SSSR count). The molecular formula is C10H21NOS. The van der Waals surface area contributed by atoms with E-state index in [2.05, 4.69) is 13.8 Å². The molecule has 0 amide bonds. The first kappa shape index (κ1) is 11.0. The van der Waals surface area contributed by atoms with Crippen LogP contribution in [0.2, 0.25) is 0 Å². The van der Waals surface area contributed by atoms with E-state index in [4.69, 9.17) is 4.78 Å². The molecule has 0 aliphatic heterocycles. The van der Waals surface area contributed by atoms with Gasteiger partial charge in [0.25, 0.3) is 0 Å². The Morgan fingerprint density at radius 2 is 1.85 bits per heavy atom. The summed E-state index contributed by atoms with van der Waals surface area (Å²) in [6, 6.07) is 0. The molecule has 0 radical (unpaired) electrons. The van der Waals surface area contributed by atoms with Crippen LogP contribution < -0.4 is 0 Å². The minimum atomic E-state index is -2.28. The molecule has 0 saturated heterocycles. The van der Waals surface area contributed by atoms with Crippen LogP contribution in [-0.2, 0) is 9.73 Å². The van der Waals surface area contributed by atoms with Crippen LogP contribution >= 0.6 is 0 Å². The van der Waals surface area contributed by atoms with Crippen molar-refractivity contribution in [1.29, 1.82) is 4.78 Å². The molecule has 78 valence electrons. The lowest BCUT2D eigenvalue weighted by molar-refractivity contribution is 0.499. The standard InChI is InChI=1S/C10H21NOS/c1-9(2)8-13(11,12)10-6-4-3-5-7-10/h9-11H,3-8H2,1-2H3. The smallest absolute Gasteiger partial charge is 0.0473 e. The Hall–Kier alpha value is -0.0500. The maximum atomic E-state index is 12.0. The topological polar surface area (TPSA) is 40.9 Å². The van der Waals surface area contributed by atoms with Crippen molar-refractivity contribution in [3.8, 4) is 0 Å². The highest BCUT2D eigenvalue weighted by Crippen LogP contribution is 2.25. The van der Waals surface area contributed by atoms with Gasteiger partial charge >= 0.3 is 0 Å². The van der Waals surface area contributed by atoms with Crippen LogP contribution in [-0.4, -0.2) is 15.2 Å². The molecule has 0 bridgehead atoms. The van der Waals surface area contributed by atoms with E-state index < -0.39 is 9.73 Å². The van der Waals surface area contributed by atoms with Gasteiger partial charge in [-0.1, -0.05) is 33.1 Å².